The van der Waals surface area contributed by atoms with Crippen LogP contribution in [-0.2, 0) is 13.0 Å². The molecule has 2 aromatic rings. The van der Waals surface area contributed by atoms with Gasteiger partial charge in [-0.25, -0.2) is 0 Å². The van der Waals surface area contributed by atoms with E-state index in [0.717, 1.165) is 36.0 Å². The molecule has 0 aliphatic rings. The van der Waals surface area contributed by atoms with Gasteiger partial charge in [0.25, 0.3) is 0 Å². The number of benzene rings is 1. The van der Waals surface area contributed by atoms with Crippen LogP contribution in [0.1, 0.15) is 10.4 Å². The molecule has 0 amide bonds. The molecule has 0 aliphatic carbocycles. The number of thiophene rings is 1. The third kappa shape index (κ3) is 6.20. The first-order valence-electron chi connectivity index (χ1n) is 7.44. The molecule has 0 saturated heterocycles. The molecule has 5 nitrogen and oxygen atoms in total. The lowest BCUT2D eigenvalue weighted by atomic mass is 10.2. The summed E-state index contributed by atoms with van der Waals surface area (Å²) in [6.45, 7) is 1.48. The Labute approximate surface area is 164 Å². The standard InChI is InChI=1S/C17H23N3O2S.HI/c1-18-17(19-9-8-15-5-4-10-23-15)20-12-13-6-7-14(21-2)11-16(13)22-3;/h4-7,10-11H,8-9,12H2,1-3H3,(H2,18,19,20);1H. The van der Waals surface area contributed by atoms with E-state index in [1.165, 1.54) is 4.88 Å². The third-order valence-corrected chi connectivity index (χ3v) is 4.34. The molecule has 0 atom stereocenters. The van der Waals surface area contributed by atoms with Crippen molar-refractivity contribution in [1.29, 1.82) is 0 Å². The Morgan fingerprint density at radius 3 is 2.62 bits per heavy atom. The largest absolute Gasteiger partial charge is 0.497 e. The molecule has 0 aliphatic heterocycles. The van der Waals surface area contributed by atoms with Crippen LogP contribution in [0.4, 0.5) is 0 Å². The number of aliphatic imine (C=N–C) groups is 1. The number of nitrogens with zero attached hydrogens (tertiary/aromatic N) is 1. The van der Waals surface area contributed by atoms with Gasteiger partial charge in [-0.2, -0.15) is 0 Å². The molecule has 1 heterocycles. The summed E-state index contributed by atoms with van der Waals surface area (Å²) < 4.78 is 10.6. The van der Waals surface area contributed by atoms with Gasteiger partial charge in [0, 0.05) is 36.6 Å². The van der Waals surface area contributed by atoms with E-state index in [2.05, 4.69) is 33.1 Å². The average Bonchev–Trinajstić information content (AvgIpc) is 3.11. The summed E-state index contributed by atoms with van der Waals surface area (Å²) in [6, 6.07) is 10.0. The number of ether oxygens (including phenoxy) is 2. The van der Waals surface area contributed by atoms with Crippen molar-refractivity contribution in [2.45, 2.75) is 13.0 Å². The molecule has 0 fully saturated rings. The maximum Gasteiger partial charge on any atom is 0.191 e. The molecule has 0 radical (unpaired) electrons. The fourth-order valence-corrected chi connectivity index (χ4v) is 2.87. The van der Waals surface area contributed by atoms with Crippen molar-refractivity contribution in [3.8, 4) is 11.5 Å². The van der Waals surface area contributed by atoms with Crippen molar-refractivity contribution in [3.05, 3.63) is 46.2 Å². The second-order valence-corrected chi connectivity index (χ2v) is 5.89. The molecule has 132 valence electrons. The lowest BCUT2D eigenvalue weighted by molar-refractivity contribution is 0.390. The zero-order chi connectivity index (χ0) is 16.5. The lowest BCUT2D eigenvalue weighted by Gasteiger charge is -2.14. The molecular formula is C17H24IN3O2S. The molecule has 1 aromatic heterocycles. The summed E-state index contributed by atoms with van der Waals surface area (Å²) in [7, 11) is 5.07. The van der Waals surface area contributed by atoms with Crippen molar-refractivity contribution in [3.63, 3.8) is 0 Å². The number of methoxy groups -OCH3 is 2. The quantitative estimate of drug-likeness (QED) is 0.378. The predicted molar refractivity (Wildman–Crippen MR) is 111 cm³/mol. The summed E-state index contributed by atoms with van der Waals surface area (Å²) in [4.78, 5) is 5.61. The van der Waals surface area contributed by atoms with Crippen molar-refractivity contribution in [1.82, 2.24) is 10.6 Å². The van der Waals surface area contributed by atoms with E-state index in [-0.39, 0.29) is 24.0 Å². The number of hydrogen-bond donors (Lipinski definition) is 2. The van der Waals surface area contributed by atoms with E-state index in [1.807, 2.05) is 18.2 Å². The normalized spacial score (nSPS) is 10.7. The highest BCUT2D eigenvalue weighted by molar-refractivity contribution is 14.0. The Bertz CT molecular complexity index is 633. The van der Waals surface area contributed by atoms with Gasteiger partial charge in [-0.15, -0.1) is 35.3 Å². The highest BCUT2D eigenvalue weighted by atomic mass is 127. The summed E-state index contributed by atoms with van der Waals surface area (Å²) >= 11 is 1.77. The smallest absolute Gasteiger partial charge is 0.191 e. The van der Waals surface area contributed by atoms with Crippen LogP contribution in [0.3, 0.4) is 0 Å². The second kappa shape index (κ2) is 11.1. The summed E-state index contributed by atoms with van der Waals surface area (Å²) in [5.41, 5.74) is 1.05. The minimum Gasteiger partial charge on any atom is -0.497 e. The first kappa shape index (κ1) is 20.6. The Hall–Kier alpha value is -1.48. The third-order valence-electron chi connectivity index (χ3n) is 3.41. The van der Waals surface area contributed by atoms with E-state index < -0.39 is 0 Å². The lowest BCUT2D eigenvalue weighted by Crippen LogP contribution is -2.37. The minimum absolute atomic E-state index is 0. The highest BCUT2D eigenvalue weighted by Gasteiger charge is 2.06. The second-order valence-electron chi connectivity index (χ2n) is 4.86. The van der Waals surface area contributed by atoms with E-state index >= 15 is 0 Å². The van der Waals surface area contributed by atoms with Crippen LogP contribution in [0.25, 0.3) is 0 Å². The van der Waals surface area contributed by atoms with Crippen LogP contribution in [0.5, 0.6) is 11.5 Å². The molecule has 0 spiro atoms. The SMILES string of the molecule is CN=C(NCCc1cccs1)NCc1ccc(OC)cc1OC.I. The van der Waals surface area contributed by atoms with Crippen molar-refractivity contribution < 1.29 is 9.47 Å². The van der Waals surface area contributed by atoms with Crippen LogP contribution in [0.15, 0.2) is 40.7 Å². The van der Waals surface area contributed by atoms with Crippen LogP contribution < -0.4 is 20.1 Å². The number of nitrogens with one attached hydrogen (secondary N) is 2. The van der Waals surface area contributed by atoms with Crippen LogP contribution in [0.2, 0.25) is 0 Å². The number of guanidine groups is 1. The molecule has 1 aromatic carbocycles. The van der Waals surface area contributed by atoms with Gasteiger partial charge in [-0.1, -0.05) is 6.07 Å². The number of rotatable bonds is 7. The van der Waals surface area contributed by atoms with E-state index in [4.69, 9.17) is 9.47 Å². The molecule has 2 N–H and O–H groups in total. The van der Waals surface area contributed by atoms with E-state index in [0.29, 0.717) is 6.54 Å². The Balaban J connectivity index is 0.00000288. The summed E-state index contributed by atoms with van der Waals surface area (Å²) in [5.74, 6) is 2.36. The van der Waals surface area contributed by atoms with Crippen LogP contribution in [-0.4, -0.2) is 33.8 Å². The van der Waals surface area contributed by atoms with Crippen LogP contribution in [0, 0.1) is 0 Å². The van der Waals surface area contributed by atoms with Gasteiger partial charge in [-0.3, -0.25) is 4.99 Å². The summed E-state index contributed by atoms with van der Waals surface area (Å²) in [6.07, 6.45) is 0.990. The number of halogens is 1. The van der Waals surface area contributed by atoms with Gasteiger partial charge in [0.2, 0.25) is 0 Å². The van der Waals surface area contributed by atoms with Gasteiger partial charge in [0.05, 0.1) is 14.2 Å². The highest BCUT2D eigenvalue weighted by Crippen LogP contribution is 2.24. The Morgan fingerprint density at radius 1 is 1.17 bits per heavy atom. The molecule has 0 bridgehead atoms. The predicted octanol–water partition coefficient (Wildman–Crippen LogP) is 3.29. The van der Waals surface area contributed by atoms with E-state index in [9.17, 15) is 0 Å². The molecule has 2 rings (SSSR count). The average molecular weight is 461 g/mol. The monoisotopic (exact) mass is 461 g/mol. The maximum atomic E-state index is 5.40. The molecule has 0 saturated carbocycles. The van der Waals surface area contributed by atoms with Crippen LogP contribution >= 0.6 is 35.3 Å². The number of hydrogen-bond acceptors (Lipinski definition) is 4. The fourth-order valence-electron chi connectivity index (χ4n) is 2.16. The molecular weight excluding hydrogens is 437 g/mol. The minimum atomic E-state index is 0. The first-order valence-corrected chi connectivity index (χ1v) is 8.32. The Kier molecular flexibility index (Phi) is 9.55. The Morgan fingerprint density at radius 2 is 2.00 bits per heavy atom. The van der Waals surface area contributed by atoms with Crippen molar-refractivity contribution in [2.24, 2.45) is 4.99 Å². The van der Waals surface area contributed by atoms with Gasteiger partial charge in [0.15, 0.2) is 5.96 Å². The molecule has 24 heavy (non-hydrogen) atoms. The van der Waals surface area contributed by atoms with E-state index in [1.54, 1.807) is 32.6 Å². The van der Waals surface area contributed by atoms with Crippen molar-refractivity contribution >= 4 is 41.3 Å². The van der Waals surface area contributed by atoms with Gasteiger partial charge in [0.1, 0.15) is 11.5 Å². The van der Waals surface area contributed by atoms with Crippen molar-refractivity contribution in [2.75, 3.05) is 27.8 Å². The molecule has 7 heteroatoms. The molecule has 0 unspecified atom stereocenters. The topological polar surface area (TPSA) is 54.9 Å². The van der Waals surface area contributed by atoms with Gasteiger partial charge in [-0.05, 0) is 30.0 Å². The first-order chi connectivity index (χ1) is 11.3. The zero-order valence-electron chi connectivity index (χ0n) is 14.2. The summed E-state index contributed by atoms with van der Waals surface area (Å²) in [5, 5.41) is 8.71. The van der Waals surface area contributed by atoms with Gasteiger partial charge < -0.3 is 20.1 Å². The maximum absolute atomic E-state index is 5.40. The fraction of sp³-hybridized carbons (Fsp3) is 0.353. The van der Waals surface area contributed by atoms with Gasteiger partial charge >= 0.3 is 0 Å². The zero-order valence-corrected chi connectivity index (χ0v) is 17.3.